The number of carbonyl (C=O) groups excluding carboxylic acids is 2. The van der Waals surface area contributed by atoms with E-state index in [0.29, 0.717) is 46.7 Å². The van der Waals surface area contributed by atoms with Gasteiger partial charge in [-0.1, -0.05) is 19.0 Å². The van der Waals surface area contributed by atoms with E-state index in [0.717, 1.165) is 12.8 Å². The molecular weight excluding hydrogens is 399 g/mol. The van der Waals surface area contributed by atoms with Crippen molar-refractivity contribution in [2.24, 2.45) is 5.73 Å². The lowest BCUT2D eigenvalue weighted by Gasteiger charge is -2.33. The Hall–Kier alpha value is -3.29. The van der Waals surface area contributed by atoms with E-state index < -0.39 is 11.7 Å². The first kappa shape index (κ1) is 21.0. The fraction of sp³-hybridized carbons (Fsp3) is 0.391. The van der Waals surface area contributed by atoms with Crippen molar-refractivity contribution in [1.82, 2.24) is 15.0 Å². The molecule has 31 heavy (non-hydrogen) atoms. The number of fused-ring (bicyclic) bond motifs is 1. The van der Waals surface area contributed by atoms with Crippen molar-refractivity contribution >= 4 is 22.7 Å². The van der Waals surface area contributed by atoms with Crippen LogP contribution in [-0.4, -0.2) is 39.9 Å². The quantitative estimate of drug-likeness (QED) is 0.684. The lowest BCUT2D eigenvalue weighted by atomic mass is 9.90. The lowest BCUT2D eigenvalue weighted by molar-refractivity contribution is 0.0702. The van der Waals surface area contributed by atoms with Crippen molar-refractivity contribution in [2.75, 3.05) is 13.1 Å². The van der Waals surface area contributed by atoms with Crippen LogP contribution in [0.25, 0.3) is 10.9 Å². The molecular formula is C23H25FN4O3. The molecule has 1 saturated heterocycles. The fourth-order valence-corrected chi connectivity index (χ4v) is 4.26. The smallest absolute Gasteiger partial charge is 0.259 e. The van der Waals surface area contributed by atoms with Crippen LogP contribution in [0, 0.1) is 12.7 Å². The van der Waals surface area contributed by atoms with E-state index in [1.54, 1.807) is 24.0 Å². The molecule has 2 N–H and O–H groups in total. The normalized spacial score (nSPS) is 16.8. The van der Waals surface area contributed by atoms with Gasteiger partial charge in [-0.2, -0.15) is 0 Å². The Kier molecular flexibility index (Phi) is 5.47. The van der Waals surface area contributed by atoms with Crippen LogP contribution >= 0.6 is 0 Å². The molecule has 8 heteroatoms. The number of aryl methyl sites for hydroxylation is 1. The molecule has 0 spiro atoms. The summed E-state index contributed by atoms with van der Waals surface area (Å²) in [5, 5.41) is 4.58. The Morgan fingerprint density at radius 3 is 2.77 bits per heavy atom. The molecule has 1 fully saturated rings. The van der Waals surface area contributed by atoms with E-state index in [1.807, 2.05) is 13.8 Å². The number of piperidine rings is 1. The summed E-state index contributed by atoms with van der Waals surface area (Å²) in [6, 6.07) is 5.84. The summed E-state index contributed by atoms with van der Waals surface area (Å²) < 4.78 is 18.9. The number of carbonyl (C=O) groups is 2. The highest BCUT2D eigenvalue weighted by molar-refractivity contribution is 5.98. The highest BCUT2D eigenvalue weighted by atomic mass is 19.1. The number of nitrogens with two attached hydrogens (primary N) is 1. The number of halogens is 1. The van der Waals surface area contributed by atoms with Crippen molar-refractivity contribution in [3.8, 4) is 0 Å². The maximum Gasteiger partial charge on any atom is 0.259 e. The molecule has 7 nitrogen and oxygen atoms in total. The lowest BCUT2D eigenvalue weighted by Crippen LogP contribution is -2.40. The molecule has 0 aliphatic carbocycles. The molecule has 2 amide bonds. The fourth-order valence-electron chi connectivity index (χ4n) is 4.26. The Bertz CT molecular complexity index is 1170. The molecule has 1 aliphatic rings. The monoisotopic (exact) mass is 424 g/mol. The van der Waals surface area contributed by atoms with Gasteiger partial charge in [-0.05, 0) is 49.9 Å². The molecule has 1 atom stereocenters. The van der Waals surface area contributed by atoms with Gasteiger partial charge < -0.3 is 15.2 Å². The molecule has 1 unspecified atom stereocenters. The van der Waals surface area contributed by atoms with Crippen LogP contribution < -0.4 is 5.73 Å². The maximum absolute atomic E-state index is 13.6. The van der Waals surface area contributed by atoms with Crippen LogP contribution in [0.2, 0.25) is 0 Å². The molecule has 1 aromatic carbocycles. The third-order valence-electron chi connectivity index (χ3n) is 5.82. The topological polar surface area (TPSA) is 102 Å². The van der Waals surface area contributed by atoms with E-state index in [4.69, 9.17) is 10.3 Å². The third kappa shape index (κ3) is 3.89. The zero-order valence-electron chi connectivity index (χ0n) is 17.8. The van der Waals surface area contributed by atoms with Gasteiger partial charge >= 0.3 is 0 Å². The van der Waals surface area contributed by atoms with E-state index in [-0.39, 0.29) is 23.3 Å². The van der Waals surface area contributed by atoms with Gasteiger partial charge in [0.25, 0.3) is 11.8 Å². The van der Waals surface area contributed by atoms with Gasteiger partial charge in [-0.3, -0.25) is 14.6 Å². The zero-order chi connectivity index (χ0) is 22.3. The minimum Gasteiger partial charge on any atom is -0.366 e. The molecule has 0 saturated carbocycles. The van der Waals surface area contributed by atoms with Crippen molar-refractivity contribution in [2.45, 2.75) is 45.4 Å². The summed E-state index contributed by atoms with van der Waals surface area (Å²) >= 11 is 0. The van der Waals surface area contributed by atoms with Crippen LogP contribution in [0.5, 0.6) is 0 Å². The number of nitrogens with zero attached hydrogens (tertiary/aromatic N) is 3. The van der Waals surface area contributed by atoms with Gasteiger partial charge in [-0.15, -0.1) is 0 Å². The van der Waals surface area contributed by atoms with Gasteiger partial charge in [0, 0.05) is 24.4 Å². The Labute approximate surface area is 179 Å². The first-order chi connectivity index (χ1) is 14.8. The first-order valence-corrected chi connectivity index (χ1v) is 10.4. The third-order valence-corrected chi connectivity index (χ3v) is 5.82. The van der Waals surface area contributed by atoms with Crippen LogP contribution in [-0.2, 0) is 0 Å². The summed E-state index contributed by atoms with van der Waals surface area (Å²) in [5.41, 5.74) is 8.18. The van der Waals surface area contributed by atoms with Crippen molar-refractivity contribution in [1.29, 1.82) is 0 Å². The van der Waals surface area contributed by atoms with E-state index in [9.17, 15) is 14.0 Å². The average Bonchev–Trinajstić information content (AvgIpc) is 3.14. The molecule has 0 radical (unpaired) electrons. The Morgan fingerprint density at radius 1 is 1.29 bits per heavy atom. The number of hydrogen-bond acceptors (Lipinski definition) is 5. The second-order valence-electron chi connectivity index (χ2n) is 8.37. The summed E-state index contributed by atoms with van der Waals surface area (Å²) in [4.78, 5) is 31.9. The SMILES string of the molecule is Cc1onc(C(C)C)c1C(=O)N1CCCC(c2nc3ccc(F)cc3cc2C(N)=O)C1. The van der Waals surface area contributed by atoms with E-state index >= 15 is 0 Å². The molecule has 162 valence electrons. The number of pyridine rings is 1. The molecule has 3 aromatic rings. The summed E-state index contributed by atoms with van der Waals surface area (Å²) in [7, 11) is 0. The van der Waals surface area contributed by atoms with E-state index in [2.05, 4.69) is 10.1 Å². The molecule has 0 bridgehead atoms. The molecule has 2 aromatic heterocycles. The number of benzene rings is 1. The van der Waals surface area contributed by atoms with Gasteiger partial charge in [0.1, 0.15) is 17.1 Å². The minimum absolute atomic E-state index is 0.0565. The first-order valence-electron chi connectivity index (χ1n) is 10.4. The zero-order valence-corrected chi connectivity index (χ0v) is 17.8. The highest BCUT2D eigenvalue weighted by Gasteiger charge is 2.32. The van der Waals surface area contributed by atoms with Gasteiger partial charge in [0.2, 0.25) is 0 Å². The number of aromatic nitrogens is 2. The molecule has 1 aliphatic heterocycles. The number of rotatable bonds is 4. The summed E-state index contributed by atoms with van der Waals surface area (Å²) in [6.45, 7) is 6.67. The highest BCUT2D eigenvalue weighted by Crippen LogP contribution is 2.32. The summed E-state index contributed by atoms with van der Waals surface area (Å²) in [5.74, 6) is -0.750. The average molecular weight is 424 g/mol. The molecule has 4 rings (SSSR count). The van der Waals surface area contributed by atoms with Crippen LogP contribution in [0.1, 0.15) is 76.4 Å². The second kappa shape index (κ2) is 8.09. The minimum atomic E-state index is -0.617. The van der Waals surface area contributed by atoms with Crippen molar-refractivity contribution in [3.63, 3.8) is 0 Å². The number of primary amides is 1. The van der Waals surface area contributed by atoms with Crippen LogP contribution in [0.3, 0.4) is 0 Å². The van der Waals surface area contributed by atoms with Gasteiger partial charge in [-0.25, -0.2) is 4.39 Å². The maximum atomic E-state index is 13.6. The van der Waals surface area contributed by atoms with Crippen LogP contribution in [0.4, 0.5) is 4.39 Å². The van der Waals surface area contributed by atoms with Crippen LogP contribution in [0.15, 0.2) is 28.8 Å². The second-order valence-corrected chi connectivity index (χ2v) is 8.37. The van der Waals surface area contributed by atoms with Gasteiger partial charge in [0.05, 0.1) is 22.5 Å². The summed E-state index contributed by atoms with van der Waals surface area (Å²) in [6.07, 6.45) is 1.53. The standard InChI is InChI=1S/C23H25FN4O3/c1-12(2)20-19(13(3)31-27-20)23(30)28-8-4-5-14(11-28)21-17(22(25)29)10-15-9-16(24)6-7-18(15)26-21/h6-7,9-10,12,14H,4-5,8,11H2,1-3H3,(H2,25,29). The van der Waals surface area contributed by atoms with E-state index in [1.165, 1.54) is 12.1 Å². The number of amides is 2. The van der Waals surface area contributed by atoms with Gasteiger partial charge in [0.15, 0.2) is 0 Å². The Morgan fingerprint density at radius 2 is 2.06 bits per heavy atom. The number of likely N-dealkylation sites (tertiary alicyclic amines) is 1. The molecule has 3 heterocycles. The predicted molar refractivity (Wildman–Crippen MR) is 113 cm³/mol. The van der Waals surface area contributed by atoms with Crippen molar-refractivity contribution in [3.05, 3.63) is 58.4 Å². The predicted octanol–water partition coefficient (Wildman–Crippen LogP) is 3.91. The van der Waals surface area contributed by atoms with Crippen molar-refractivity contribution < 1.29 is 18.5 Å². The number of hydrogen-bond donors (Lipinski definition) is 1. The largest absolute Gasteiger partial charge is 0.366 e. The Balaban J connectivity index is 1.69.